The van der Waals surface area contributed by atoms with Crippen LogP contribution in [0.1, 0.15) is 26.2 Å². The first-order valence-corrected chi connectivity index (χ1v) is 5.93. The Balaban J connectivity index is 1.90. The van der Waals surface area contributed by atoms with Crippen LogP contribution in [0.3, 0.4) is 0 Å². The van der Waals surface area contributed by atoms with Crippen molar-refractivity contribution in [2.75, 3.05) is 32.7 Å². The summed E-state index contributed by atoms with van der Waals surface area (Å²) in [5.41, 5.74) is 0.608. The Morgan fingerprint density at radius 1 is 1.21 bits per heavy atom. The van der Waals surface area contributed by atoms with Gasteiger partial charge in [0.05, 0.1) is 0 Å². The Hall–Kier alpha value is -0.340. The first-order chi connectivity index (χ1) is 6.85. The molecule has 0 unspecified atom stereocenters. The van der Waals surface area contributed by atoms with E-state index in [4.69, 9.17) is 0 Å². The van der Waals surface area contributed by atoms with E-state index in [-0.39, 0.29) is 0 Å². The summed E-state index contributed by atoms with van der Waals surface area (Å²) in [6.07, 6.45) is 8.65. The van der Waals surface area contributed by atoms with Crippen LogP contribution in [-0.4, -0.2) is 37.6 Å². The first-order valence-electron chi connectivity index (χ1n) is 5.93. The Bertz CT molecular complexity index is 196. The van der Waals surface area contributed by atoms with Gasteiger partial charge in [0, 0.05) is 19.6 Å². The third-order valence-electron chi connectivity index (χ3n) is 3.87. The van der Waals surface area contributed by atoms with Crippen LogP contribution in [0, 0.1) is 5.41 Å². The average Bonchev–Trinajstić information content (AvgIpc) is 2.72. The third-order valence-corrected chi connectivity index (χ3v) is 3.87. The summed E-state index contributed by atoms with van der Waals surface area (Å²) in [7, 11) is 0. The van der Waals surface area contributed by atoms with Gasteiger partial charge in [-0.3, -0.25) is 4.90 Å². The molecule has 0 aromatic heterocycles. The number of nitrogens with zero attached hydrogens (tertiary/aromatic N) is 1. The minimum Gasteiger partial charge on any atom is -0.317 e. The molecule has 80 valence electrons. The Labute approximate surface area is 87.4 Å². The smallest absolute Gasteiger partial charge is 0.0167 e. The van der Waals surface area contributed by atoms with Crippen LogP contribution in [0.25, 0.3) is 0 Å². The van der Waals surface area contributed by atoms with Gasteiger partial charge in [0.25, 0.3) is 0 Å². The van der Waals surface area contributed by atoms with Crippen LogP contribution in [0.15, 0.2) is 12.2 Å². The van der Waals surface area contributed by atoms with Gasteiger partial charge in [0.1, 0.15) is 0 Å². The fourth-order valence-electron chi connectivity index (χ4n) is 2.71. The van der Waals surface area contributed by atoms with Crippen molar-refractivity contribution in [3.63, 3.8) is 0 Å². The highest BCUT2D eigenvalue weighted by Crippen LogP contribution is 2.33. The molecule has 0 aliphatic carbocycles. The molecule has 0 bridgehead atoms. The van der Waals surface area contributed by atoms with Crippen molar-refractivity contribution in [2.45, 2.75) is 26.2 Å². The summed E-state index contributed by atoms with van der Waals surface area (Å²) in [4.78, 5) is 2.58. The molecule has 0 atom stereocenters. The Morgan fingerprint density at radius 2 is 1.86 bits per heavy atom. The fraction of sp³-hybridized carbons (Fsp3) is 0.833. The zero-order chi connectivity index (χ0) is 9.86. The van der Waals surface area contributed by atoms with Crippen molar-refractivity contribution in [3.8, 4) is 0 Å². The van der Waals surface area contributed by atoms with Crippen LogP contribution in [0.4, 0.5) is 0 Å². The lowest BCUT2D eigenvalue weighted by Crippen LogP contribution is -2.43. The zero-order valence-corrected chi connectivity index (χ0v) is 9.26. The van der Waals surface area contributed by atoms with Crippen molar-refractivity contribution in [1.82, 2.24) is 10.2 Å². The summed E-state index contributed by atoms with van der Waals surface area (Å²) < 4.78 is 0. The van der Waals surface area contributed by atoms with Crippen LogP contribution in [-0.2, 0) is 0 Å². The molecule has 1 N–H and O–H groups in total. The average molecular weight is 194 g/mol. The van der Waals surface area contributed by atoms with Crippen LogP contribution < -0.4 is 5.32 Å². The number of nitrogens with one attached hydrogen (secondary N) is 1. The molecule has 0 aromatic carbocycles. The van der Waals surface area contributed by atoms with Crippen LogP contribution >= 0.6 is 0 Å². The van der Waals surface area contributed by atoms with E-state index in [0.29, 0.717) is 5.41 Å². The number of hydrogen-bond acceptors (Lipinski definition) is 2. The van der Waals surface area contributed by atoms with Gasteiger partial charge in [-0.15, -0.1) is 0 Å². The summed E-state index contributed by atoms with van der Waals surface area (Å²) in [5, 5.41) is 3.46. The molecule has 14 heavy (non-hydrogen) atoms. The lowest BCUT2D eigenvalue weighted by molar-refractivity contribution is 0.125. The molecular weight excluding hydrogens is 172 g/mol. The van der Waals surface area contributed by atoms with E-state index < -0.39 is 0 Å². The van der Waals surface area contributed by atoms with Gasteiger partial charge >= 0.3 is 0 Å². The first kappa shape index (κ1) is 10.2. The largest absolute Gasteiger partial charge is 0.317 e. The molecule has 2 nitrogen and oxygen atoms in total. The molecular formula is C12H22N2. The summed E-state index contributed by atoms with van der Waals surface area (Å²) in [6, 6.07) is 0. The fourth-order valence-corrected chi connectivity index (χ4v) is 2.71. The normalized spacial score (nSPS) is 26.9. The molecule has 0 aromatic rings. The Kier molecular flexibility index (Phi) is 3.24. The molecule has 2 aliphatic rings. The minimum atomic E-state index is 0.608. The second kappa shape index (κ2) is 4.45. The van der Waals surface area contributed by atoms with Crippen molar-refractivity contribution in [2.24, 2.45) is 5.41 Å². The lowest BCUT2D eigenvalue weighted by atomic mass is 9.76. The maximum atomic E-state index is 3.46. The summed E-state index contributed by atoms with van der Waals surface area (Å²) in [5.74, 6) is 0. The van der Waals surface area contributed by atoms with Crippen molar-refractivity contribution in [1.29, 1.82) is 0 Å². The number of piperidine rings is 1. The van der Waals surface area contributed by atoms with Crippen molar-refractivity contribution >= 4 is 0 Å². The van der Waals surface area contributed by atoms with E-state index in [2.05, 4.69) is 29.3 Å². The maximum Gasteiger partial charge on any atom is 0.0167 e. The minimum absolute atomic E-state index is 0.608. The third kappa shape index (κ3) is 2.18. The van der Waals surface area contributed by atoms with E-state index in [1.54, 1.807) is 0 Å². The predicted octanol–water partition coefficient (Wildman–Crippen LogP) is 1.64. The highest BCUT2D eigenvalue weighted by atomic mass is 15.1. The maximum absolute atomic E-state index is 3.46. The van der Waals surface area contributed by atoms with E-state index in [1.807, 2.05) is 0 Å². The molecule has 2 rings (SSSR count). The van der Waals surface area contributed by atoms with E-state index >= 15 is 0 Å². The molecule has 0 saturated carbocycles. The number of hydrogen-bond donors (Lipinski definition) is 1. The highest BCUT2D eigenvalue weighted by Gasteiger charge is 2.31. The molecule has 1 saturated heterocycles. The molecule has 1 fully saturated rings. The van der Waals surface area contributed by atoms with Gasteiger partial charge in [-0.05, 0) is 37.8 Å². The molecule has 2 heterocycles. The molecule has 0 radical (unpaired) electrons. The SMILES string of the molecule is CCC1(CN2CC=CC2)CCNCC1. The van der Waals surface area contributed by atoms with E-state index in [0.717, 1.165) is 0 Å². The molecule has 0 spiro atoms. The van der Waals surface area contributed by atoms with Gasteiger partial charge in [-0.1, -0.05) is 19.1 Å². The van der Waals surface area contributed by atoms with Gasteiger partial charge in [-0.2, -0.15) is 0 Å². The van der Waals surface area contributed by atoms with Gasteiger partial charge in [0.15, 0.2) is 0 Å². The quantitative estimate of drug-likeness (QED) is 0.687. The van der Waals surface area contributed by atoms with E-state index in [9.17, 15) is 0 Å². The summed E-state index contributed by atoms with van der Waals surface area (Å²) >= 11 is 0. The van der Waals surface area contributed by atoms with Crippen molar-refractivity contribution in [3.05, 3.63) is 12.2 Å². The number of rotatable bonds is 3. The molecule has 0 amide bonds. The van der Waals surface area contributed by atoms with Gasteiger partial charge in [0.2, 0.25) is 0 Å². The second-order valence-corrected chi connectivity index (χ2v) is 4.77. The summed E-state index contributed by atoms with van der Waals surface area (Å²) in [6.45, 7) is 8.45. The standard InChI is InChI=1S/C12H22N2/c1-2-12(5-7-13-8-6-12)11-14-9-3-4-10-14/h3-4,13H,2,5-11H2,1H3. The van der Waals surface area contributed by atoms with Gasteiger partial charge < -0.3 is 5.32 Å². The van der Waals surface area contributed by atoms with Crippen molar-refractivity contribution < 1.29 is 0 Å². The van der Waals surface area contributed by atoms with Gasteiger partial charge in [-0.25, -0.2) is 0 Å². The zero-order valence-electron chi connectivity index (χ0n) is 9.26. The Morgan fingerprint density at radius 3 is 2.43 bits per heavy atom. The monoisotopic (exact) mass is 194 g/mol. The predicted molar refractivity (Wildman–Crippen MR) is 60.4 cm³/mol. The highest BCUT2D eigenvalue weighted by molar-refractivity contribution is 4.98. The molecule has 2 aliphatic heterocycles. The van der Waals surface area contributed by atoms with E-state index in [1.165, 1.54) is 52.0 Å². The molecule has 2 heteroatoms. The second-order valence-electron chi connectivity index (χ2n) is 4.77. The topological polar surface area (TPSA) is 15.3 Å². The van der Waals surface area contributed by atoms with Crippen LogP contribution in [0.5, 0.6) is 0 Å². The van der Waals surface area contributed by atoms with Crippen LogP contribution in [0.2, 0.25) is 0 Å². The lowest BCUT2D eigenvalue weighted by Gasteiger charge is -2.39.